The van der Waals surface area contributed by atoms with E-state index < -0.39 is 0 Å². The Hall–Kier alpha value is -1.36. The van der Waals surface area contributed by atoms with Gasteiger partial charge in [-0.2, -0.15) is 4.98 Å². The first-order valence-corrected chi connectivity index (χ1v) is 5.21. The van der Waals surface area contributed by atoms with Gasteiger partial charge in [0.2, 0.25) is 11.8 Å². The fraction of sp³-hybridized carbons (Fsp3) is 0.600. The normalized spacial score (nSPS) is 10.0. The number of rotatable bonds is 7. The van der Waals surface area contributed by atoms with Gasteiger partial charge in [-0.05, 0) is 13.5 Å². The van der Waals surface area contributed by atoms with Crippen molar-refractivity contribution < 1.29 is 4.74 Å². The van der Waals surface area contributed by atoms with E-state index in [0.717, 1.165) is 19.5 Å². The first kappa shape index (κ1) is 11.7. The Morgan fingerprint density at radius 1 is 1.40 bits per heavy atom. The molecule has 1 aromatic rings. The first-order valence-electron chi connectivity index (χ1n) is 5.21. The molecule has 0 aliphatic rings. The molecule has 0 spiro atoms. The highest BCUT2D eigenvalue weighted by atomic mass is 16.5. The zero-order valence-electron chi connectivity index (χ0n) is 9.29. The highest BCUT2D eigenvalue weighted by Crippen LogP contribution is 2.07. The predicted octanol–water partition coefficient (Wildman–Crippen LogP) is 0.897. The molecule has 0 fully saturated rings. The molecule has 1 aromatic heterocycles. The molecule has 1 rings (SSSR count). The number of likely N-dealkylation sites (N-methyl/N-ethyl adjacent to an activating group) is 1. The maximum absolute atomic E-state index is 5.40. The van der Waals surface area contributed by atoms with Crippen molar-refractivity contribution in [3.05, 3.63) is 12.3 Å². The van der Waals surface area contributed by atoms with Gasteiger partial charge in [0.25, 0.3) is 0 Å². The van der Waals surface area contributed by atoms with Crippen molar-refractivity contribution in [2.45, 2.75) is 13.3 Å². The van der Waals surface area contributed by atoms with Crippen LogP contribution in [0.3, 0.4) is 0 Å². The predicted molar refractivity (Wildman–Crippen MR) is 60.2 cm³/mol. The number of nitrogens with one attached hydrogen (secondary N) is 2. The topological polar surface area (TPSA) is 59.1 Å². The van der Waals surface area contributed by atoms with Gasteiger partial charge in [-0.1, -0.05) is 6.92 Å². The van der Waals surface area contributed by atoms with E-state index in [1.807, 2.05) is 7.05 Å². The van der Waals surface area contributed by atoms with Crippen molar-refractivity contribution in [1.82, 2.24) is 15.3 Å². The van der Waals surface area contributed by atoms with Gasteiger partial charge in [-0.25, -0.2) is 4.98 Å². The summed E-state index contributed by atoms with van der Waals surface area (Å²) in [6.07, 6.45) is 2.67. The van der Waals surface area contributed by atoms with Crippen LogP contribution in [0.2, 0.25) is 0 Å². The lowest BCUT2D eigenvalue weighted by atomic mass is 10.5. The Kier molecular flexibility index (Phi) is 5.47. The first-order chi connectivity index (χ1) is 7.36. The minimum absolute atomic E-state index is 0.610. The average Bonchev–Trinajstić information content (AvgIpc) is 2.27. The zero-order chi connectivity index (χ0) is 10.9. The fourth-order valence-electron chi connectivity index (χ4n) is 1.01. The Morgan fingerprint density at radius 2 is 2.27 bits per heavy atom. The van der Waals surface area contributed by atoms with Gasteiger partial charge in [0.15, 0.2) is 0 Å². The summed E-state index contributed by atoms with van der Waals surface area (Å²) in [5.41, 5.74) is 0. The standard InChI is InChI=1S/C10H18N4O/c1-3-8-15-9-4-5-12-10(14-9)13-7-6-11-2/h4-5,11H,3,6-8H2,1-2H3,(H,12,13,14). The molecule has 0 radical (unpaired) electrons. The number of ether oxygens (including phenoxy) is 1. The van der Waals surface area contributed by atoms with Gasteiger partial charge >= 0.3 is 0 Å². The van der Waals surface area contributed by atoms with E-state index in [1.165, 1.54) is 0 Å². The third-order valence-corrected chi connectivity index (χ3v) is 1.74. The second-order valence-electron chi connectivity index (χ2n) is 3.10. The Bertz CT molecular complexity index is 280. The number of aromatic nitrogens is 2. The van der Waals surface area contributed by atoms with Crippen molar-refractivity contribution in [2.75, 3.05) is 32.1 Å². The monoisotopic (exact) mass is 210 g/mol. The van der Waals surface area contributed by atoms with E-state index in [-0.39, 0.29) is 0 Å². The van der Waals surface area contributed by atoms with Crippen LogP contribution < -0.4 is 15.4 Å². The molecule has 84 valence electrons. The largest absolute Gasteiger partial charge is 0.478 e. The molecule has 0 saturated heterocycles. The van der Waals surface area contributed by atoms with E-state index in [1.54, 1.807) is 12.3 Å². The summed E-state index contributed by atoms with van der Waals surface area (Å²) in [5.74, 6) is 1.23. The summed E-state index contributed by atoms with van der Waals surface area (Å²) < 4.78 is 5.40. The molecule has 2 N–H and O–H groups in total. The Labute approximate surface area is 90.3 Å². The molecule has 0 unspecified atom stereocenters. The van der Waals surface area contributed by atoms with Gasteiger partial charge < -0.3 is 15.4 Å². The van der Waals surface area contributed by atoms with E-state index in [2.05, 4.69) is 27.5 Å². The molecule has 5 nitrogen and oxygen atoms in total. The lowest BCUT2D eigenvalue weighted by Gasteiger charge is -2.06. The lowest BCUT2D eigenvalue weighted by Crippen LogP contribution is -2.18. The van der Waals surface area contributed by atoms with Crippen LogP contribution in [0.1, 0.15) is 13.3 Å². The highest BCUT2D eigenvalue weighted by Gasteiger charge is 1.98. The lowest BCUT2D eigenvalue weighted by molar-refractivity contribution is 0.305. The van der Waals surface area contributed by atoms with Gasteiger partial charge in [-0.15, -0.1) is 0 Å². The Balaban J connectivity index is 2.42. The van der Waals surface area contributed by atoms with E-state index >= 15 is 0 Å². The number of anilines is 1. The number of hydrogen-bond acceptors (Lipinski definition) is 5. The van der Waals surface area contributed by atoms with Crippen molar-refractivity contribution in [1.29, 1.82) is 0 Å². The van der Waals surface area contributed by atoms with Crippen molar-refractivity contribution in [2.24, 2.45) is 0 Å². The molecule has 0 aromatic carbocycles. The minimum atomic E-state index is 0.610. The van der Waals surface area contributed by atoms with Gasteiger partial charge in [0.05, 0.1) is 6.61 Å². The highest BCUT2D eigenvalue weighted by molar-refractivity contribution is 5.27. The molecule has 0 atom stereocenters. The number of nitrogens with zero attached hydrogens (tertiary/aromatic N) is 2. The summed E-state index contributed by atoms with van der Waals surface area (Å²) in [5, 5.41) is 6.14. The van der Waals surface area contributed by atoms with Crippen LogP contribution in [0, 0.1) is 0 Å². The fourth-order valence-corrected chi connectivity index (χ4v) is 1.01. The van der Waals surface area contributed by atoms with Crippen LogP contribution in [0.4, 0.5) is 5.95 Å². The number of hydrogen-bond donors (Lipinski definition) is 2. The van der Waals surface area contributed by atoms with Gasteiger partial charge in [0.1, 0.15) is 0 Å². The quantitative estimate of drug-likeness (QED) is 0.655. The molecule has 0 aliphatic carbocycles. The van der Waals surface area contributed by atoms with Crippen molar-refractivity contribution in [3.8, 4) is 5.88 Å². The third-order valence-electron chi connectivity index (χ3n) is 1.74. The second-order valence-corrected chi connectivity index (χ2v) is 3.10. The molecule has 1 heterocycles. The third kappa shape index (κ3) is 4.60. The zero-order valence-corrected chi connectivity index (χ0v) is 9.29. The summed E-state index contributed by atoms with van der Waals surface area (Å²) >= 11 is 0. The summed E-state index contributed by atoms with van der Waals surface area (Å²) in [7, 11) is 1.91. The molecular formula is C10H18N4O. The minimum Gasteiger partial charge on any atom is -0.478 e. The van der Waals surface area contributed by atoms with Gasteiger partial charge in [0, 0.05) is 25.4 Å². The van der Waals surface area contributed by atoms with Crippen LogP contribution in [0.25, 0.3) is 0 Å². The average molecular weight is 210 g/mol. The van der Waals surface area contributed by atoms with Gasteiger partial charge in [-0.3, -0.25) is 0 Å². The molecule has 0 saturated carbocycles. The van der Waals surface area contributed by atoms with Crippen molar-refractivity contribution in [3.63, 3.8) is 0 Å². The Morgan fingerprint density at radius 3 is 3.00 bits per heavy atom. The molecule has 15 heavy (non-hydrogen) atoms. The molecule has 5 heteroatoms. The van der Waals surface area contributed by atoms with E-state index in [4.69, 9.17) is 4.74 Å². The summed E-state index contributed by atoms with van der Waals surface area (Å²) in [4.78, 5) is 8.30. The second kappa shape index (κ2) is 7.00. The summed E-state index contributed by atoms with van der Waals surface area (Å²) in [6.45, 7) is 4.43. The van der Waals surface area contributed by atoms with Crippen molar-refractivity contribution >= 4 is 5.95 Å². The maximum Gasteiger partial charge on any atom is 0.225 e. The van der Waals surface area contributed by atoms with Crippen LogP contribution in [0.5, 0.6) is 5.88 Å². The molecule has 0 amide bonds. The van der Waals surface area contributed by atoms with Crippen LogP contribution in [0.15, 0.2) is 12.3 Å². The molecule has 0 aliphatic heterocycles. The molecular weight excluding hydrogens is 192 g/mol. The van der Waals surface area contributed by atoms with E-state index in [9.17, 15) is 0 Å². The van der Waals surface area contributed by atoms with E-state index in [0.29, 0.717) is 18.4 Å². The smallest absolute Gasteiger partial charge is 0.225 e. The summed E-state index contributed by atoms with van der Waals surface area (Å²) in [6, 6.07) is 1.76. The maximum atomic E-state index is 5.40. The molecule has 0 bridgehead atoms. The van der Waals surface area contributed by atoms with Crippen LogP contribution in [-0.2, 0) is 0 Å². The SMILES string of the molecule is CCCOc1ccnc(NCCNC)n1. The van der Waals surface area contributed by atoms with Crippen LogP contribution >= 0.6 is 0 Å². The van der Waals surface area contributed by atoms with Crippen LogP contribution in [-0.4, -0.2) is 36.7 Å².